The quantitative estimate of drug-likeness (QED) is 0.329. The van der Waals surface area contributed by atoms with Crippen molar-refractivity contribution in [3.63, 3.8) is 0 Å². The minimum Gasteiger partial charge on any atom is -0.493 e. The van der Waals surface area contributed by atoms with E-state index < -0.39 is 13.1 Å². The summed E-state index contributed by atoms with van der Waals surface area (Å²) < 4.78 is 5.68. The van der Waals surface area contributed by atoms with Crippen LogP contribution in [0.25, 0.3) is 11.6 Å². The second-order valence-electron chi connectivity index (χ2n) is 7.33. The standard InChI is InChI=1S/C25H24BN3O4/c27-18-21(23-11-4-5-13-28-23)15-20-9-6-10-22(16-20)33-14-12-25(30)29-24(26(31)32)17-19-7-2-1-3-8-19/h1-11,13,15-16,24,31-32H,12,14,17H2,(H,29,30)/t24-/m0/s1. The van der Waals surface area contributed by atoms with E-state index in [2.05, 4.69) is 16.4 Å². The van der Waals surface area contributed by atoms with Gasteiger partial charge in [0.15, 0.2) is 0 Å². The molecular weight excluding hydrogens is 417 g/mol. The molecule has 0 aliphatic heterocycles. The zero-order valence-electron chi connectivity index (χ0n) is 18.0. The number of hydrogen-bond donors (Lipinski definition) is 3. The Bertz CT molecular complexity index is 1120. The van der Waals surface area contributed by atoms with Gasteiger partial charge in [0.1, 0.15) is 11.8 Å². The first-order valence-corrected chi connectivity index (χ1v) is 10.5. The number of benzene rings is 2. The number of carbonyl (C=O) groups is 1. The van der Waals surface area contributed by atoms with Crippen LogP contribution in [0, 0.1) is 11.3 Å². The largest absolute Gasteiger partial charge is 0.493 e. The van der Waals surface area contributed by atoms with Gasteiger partial charge in [-0.1, -0.05) is 48.5 Å². The van der Waals surface area contributed by atoms with Gasteiger partial charge in [0.05, 0.1) is 30.2 Å². The number of allylic oxidation sites excluding steroid dienone is 1. The highest BCUT2D eigenvalue weighted by molar-refractivity contribution is 6.43. The molecule has 0 radical (unpaired) electrons. The molecule has 0 aliphatic rings. The van der Waals surface area contributed by atoms with Gasteiger partial charge in [-0.2, -0.15) is 5.26 Å². The van der Waals surface area contributed by atoms with E-state index in [0.717, 1.165) is 11.1 Å². The number of nitrogens with one attached hydrogen (secondary N) is 1. The third-order valence-corrected chi connectivity index (χ3v) is 4.83. The Morgan fingerprint density at radius 1 is 1.12 bits per heavy atom. The average molecular weight is 441 g/mol. The SMILES string of the molecule is N#CC(=Cc1cccc(OCCC(=O)N[C@@H](Cc2ccccc2)B(O)O)c1)c1ccccn1. The zero-order valence-corrected chi connectivity index (χ0v) is 18.0. The van der Waals surface area contributed by atoms with Gasteiger partial charge in [0.25, 0.3) is 0 Å². The first-order valence-electron chi connectivity index (χ1n) is 10.5. The summed E-state index contributed by atoms with van der Waals surface area (Å²) in [7, 11) is -1.67. The smallest absolute Gasteiger partial charge is 0.475 e. The summed E-state index contributed by atoms with van der Waals surface area (Å²) in [5.74, 6) is -0.607. The normalized spacial score (nSPS) is 11.8. The highest BCUT2D eigenvalue weighted by Gasteiger charge is 2.25. The summed E-state index contributed by atoms with van der Waals surface area (Å²) in [4.78, 5) is 16.5. The van der Waals surface area contributed by atoms with Gasteiger partial charge in [0, 0.05) is 6.20 Å². The summed E-state index contributed by atoms with van der Waals surface area (Å²) in [6.45, 7) is 0.115. The summed E-state index contributed by atoms with van der Waals surface area (Å²) in [6, 6.07) is 24.0. The van der Waals surface area contributed by atoms with Crippen LogP contribution in [0.15, 0.2) is 79.0 Å². The molecule has 166 valence electrons. The van der Waals surface area contributed by atoms with Crippen LogP contribution in [0.4, 0.5) is 0 Å². The van der Waals surface area contributed by atoms with Crippen LogP contribution >= 0.6 is 0 Å². The van der Waals surface area contributed by atoms with Gasteiger partial charge in [-0.05, 0) is 47.9 Å². The molecule has 0 unspecified atom stereocenters. The van der Waals surface area contributed by atoms with E-state index in [-0.39, 0.29) is 18.9 Å². The molecule has 1 atom stereocenters. The molecule has 2 aromatic carbocycles. The van der Waals surface area contributed by atoms with Crippen molar-refractivity contribution < 1.29 is 19.6 Å². The molecule has 7 nitrogen and oxygen atoms in total. The van der Waals surface area contributed by atoms with Crippen LogP contribution in [0.3, 0.4) is 0 Å². The van der Waals surface area contributed by atoms with Gasteiger partial charge in [-0.15, -0.1) is 0 Å². The number of hydrogen-bond acceptors (Lipinski definition) is 6. The van der Waals surface area contributed by atoms with Gasteiger partial charge in [0.2, 0.25) is 5.91 Å². The third kappa shape index (κ3) is 7.61. The number of aromatic nitrogens is 1. The van der Waals surface area contributed by atoms with Crippen molar-refractivity contribution in [3.8, 4) is 11.8 Å². The minimum atomic E-state index is -1.67. The Morgan fingerprint density at radius 2 is 1.91 bits per heavy atom. The second kappa shape index (κ2) is 12.2. The zero-order chi connectivity index (χ0) is 23.5. The Morgan fingerprint density at radius 3 is 2.61 bits per heavy atom. The van der Waals surface area contributed by atoms with Crippen LogP contribution in [-0.4, -0.2) is 40.6 Å². The molecule has 1 amide bonds. The molecule has 0 spiro atoms. The molecule has 8 heteroatoms. The topological polar surface area (TPSA) is 115 Å². The van der Waals surface area contributed by atoms with E-state index in [4.69, 9.17) is 4.74 Å². The molecule has 1 heterocycles. The minimum absolute atomic E-state index is 0.0510. The fourth-order valence-corrected chi connectivity index (χ4v) is 3.19. The summed E-state index contributed by atoms with van der Waals surface area (Å²) in [6.07, 6.45) is 3.70. The van der Waals surface area contributed by atoms with Crippen molar-refractivity contribution in [2.24, 2.45) is 0 Å². The van der Waals surface area contributed by atoms with Crippen LogP contribution in [0.1, 0.15) is 23.2 Å². The Hall–Kier alpha value is -3.93. The van der Waals surface area contributed by atoms with Crippen molar-refractivity contribution in [3.05, 3.63) is 95.8 Å². The van der Waals surface area contributed by atoms with Crippen molar-refractivity contribution in [2.45, 2.75) is 18.8 Å². The summed E-state index contributed by atoms with van der Waals surface area (Å²) >= 11 is 0. The molecular formula is C25H24BN3O4. The lowest BCUT2D eigenvalue weighted by Crippen LogP contribution is -2.48. The lowest BCUT2D eigenvalue weighted by atomic mass is 9.76. The van der Waals surface area contributed by atoms with E-state index >= 15 is 0 Å². The molecule has 0 fully saturated rings. The molecule has 33 heavy (non-hydrogen) atoms. The molecule has 0 aliphatic carbocycles. The monoisotopic (exact) mass is 441 g/mol. The molecule has 3 aromatic rings. The molecule has 0 saturated carbocycles. The predicted octanol–water partition coefficient (Wildman–Crippen LogP) is 2.65. The van der Waals surface area contributed by atoms with Gasteiger partial charge < -0.3 is 20.1 Å². The van der Waals surface area contributed by atoms with Crippen LogP contribution in [0.2, 0.25) is 0 Å². The average Bonchev–Trinajstić information content (AvgIpc) is 2.83. The number of nitriles is 1. The fraction of sp³-hybridized carbons (Fsp3) is 0.160. The lowest BCUT2D eigenvalue weighted by molar-refractivity contribution is -0.122. The van der Waals surface area contributed by atoms with Crippen LogP contribution in [-0.2, 0) is 11.2 Å². The van der Waals surface area contributed by atoms with Crippen molar-refractivity contribution in [1.29, 1.82) is 5.26 Å². The Kier molecular flexibility index (Phi) is 8.77. The number of carbonyl (C=O) groups excluding carboxylic acids is 1. The van der Waals surface area contributed by atoms with E-state index in [9.17, 15) is 20.1 Å². The van der Waals surface area contributed by atoms with Crippen molar-refractivity contribution in [1.82, 2.24) is 10.3 Å². The van der Waals surface area contributed by atoms with Crippen LogP contribution in [0.5, 0.6) is 5.75 Å². The second-order valence-corrected chi connectivity index (χ2v) is 7.33. The van der Waals surface area contributed by atoms with E-state index in [1.165, 1.54) is 0 Å². The lowest BCUT2D eigenvalue weighted by Gasteiger charge is -2.18. The van der Waals surface area contributed by atoms with Gasteiger partial charge in [-0.3, -0.25) is 9.78 Å². The predicted molar refractivity (Wildman–Crippen MR) is 127 cm³/mol. The Labute approximate surface area is 193 Å². The number of pyridine rings is 1. The molecule has 3 rings (SSSR count). The molecule has 0 saturated heterocycles. The number of rotatable bonds is 10. The molecule has 3 N–H and O–H groups in total. The Balaban J connectivity index is 1.54. The van der Waals surface area contributed by atoms with Crippen molar-refractivity contribution in [2.75, 3.05) is 6.61 Å². The maximum atomic E-state index is 12.3. The summed E-state index contributed by atoms with van der Waals surface area (Å²) in [5, 5.41) is 31.3. The van der Waals surface area contributed by atoms with E-state index in [1.54, 1.807) is 42.6 Å². The molecule has 1 aromatic heterocycles. The van der Waals surface area contributed by atoms with Gasteiger partial charge >= 0.3 is 7.12 Å². The fourth-order valence-electron chi connectivity index (χ4n) is 3.19. The highest BCUT2D eigenvalue weighted by Crippen LogP contribution is 2.19. The number of amides is 1. The van der Waals surface area contributed by atoms with Crippen molar-refractivity contribution >= 4 is 24.7 Å². The first-order chi connectivity index (χ1) is 16.0. The number of nitrogens with zero attached hydrogens (tertiary/aromatic N) is 2. The van der Waals surface area contributed by atoms with Crippen LogP contribution < -0.4 is 10.1 Å². The molecule has 0 bridgehead atoms. The number of ether oxygens (including phenoxy) is 1. The van der Waals surface area contributed by atoms with E-state index in [1.807, 2.05) is 42.5 Å². The van der Waals surface area contributed by atoms with E-state index in [0.29, 0.717) is 23.4 Å². The van der Waals surface area contributed by atoms with Gasteiger partial charge in [-0.25, -0.2) is 0 Å². The first kappa shape index (κ1) is 23.7. The highest BCUT2D eigenvalue weighted by atomic mass is 16.5. The maximum absolute atomic E-state index is 12.3. The summed E-state index contributed by atoms with van der Waals surface area (Å²) in [5.41, 5.74) is 2.67. The third-order valence-electron chi connectivity index (χ3n) is 4.83. The maximum Gasteiger partial charge on any atom is 0.475 e.